The van der Waals surface area contributed by atoms with Crippen molar-refractivity contribution in [1.82, 2.24) is 14.4 Å². The minimum Gasteiger partial charge on any atom is -0.307 e. The van der Waals surface area contributed by atoms with Gasteiger partial charge in [0.25, 0.3) is 0 Å². The Kier molecular flexibility index (Phi) is 2.85. The topological polar surface area (TPSA) is 50.0 Å². The van der Waals surface area contributed by atoms with Crippen LogP contribution >= 0.6 is 0 Å². The fourth-order valence-electron chi connectivity index (χ4n) is 2.23. The van der Waals surface area contributed by atoms with Crippen LogP contribution in [0, 0.1) is 5.41 Å². The molecule has 0 unspecified atom stereocenters. The van der Waals surface area contributed by atoms with E-state index < -0.39 is 0 Å². The van der Waals surface area contributed by atoms with Gasteiger partial charge in [-0.15, -0.1) is 0 Å². The zero-order valence-electron chi connectivity index (χ0n) is 12.0. The molecule has 1 aliphatic rings. The molecule has 0 saturated carbocycles. The van der Waals surface area contributed by atoms with E-state index in [1.807, 2.05) is 35.0 Å². The van der Waals surface area contributed by atoms with Gasteiger partial charge in [0.15, 0.2) is 0 Å². The van der Waals surface area contributed by atoms with Crippen LogP contribution in [0.15, 0.2) is 35.7 Å². The van der Waals surface area contributed by atoms with E-state index >= 15 is 0 Å². The summed E-state index contributed by atoms with van der Waals surface area (Å²) in [5, 5.41) is 5.99. The van der Waals surface area contributed by atoms with Gasteiger partial charge in [0.05, 0.1) is 24.4 Å². The zero-order valence-corrected chi connectivity index (χ0v) is 12.0. The first kappa shape index (κ1) is 12.8. The molecule has 3 rings (SSSR count). The van der Waals surface area contributed by atoms with Crippen molar-refractivity contribution < 1.29 is 4.79 Å². The van der Waals surface area contributed by atoms with Gasteiger partial charge in [-0.2, -0.15) is 5.10 Å². The molecule has 5 nitrogen and oxygen atoms in total. The Bertz CT molecular complexity index is 660. The number of rotatable bonds is 2. The van der Waals surface area contributed by atoms with Crippen LogP contribution < -0.4 is 0 Å². The number of nitrogens with zero attached hydrogens (tertiary/aromatic N) is 4. The summed E-state index contributed by atoms with van der Waals surface area (Å²) in [6, 6.07) is 5.84. The van der Waals surface area contributed by atoms with Crippen molar-refractivity contribution in [2.45, 2.75) is 33.7 Å². The molecule has 0 bridgehead atoms. The summed E-state index contributed by atoms with van der Waals surface area (Å²) in [4.78, 5) is 16.5. The van der Waals surface area contributed by atoms with Crippen molar-refractivity contribution in [3.8, 4) is 0 Å². The fourth-order valence-corrected chi connectivity index (χ4v) is 2.23. The maximum Gasteiger partial charge on any atom is 0.248 e. The molecule has 2 aromatic heterocycles. The number of carbonyl (C=O) groups excluding carboxylic acids is 1. The molecule has 104 valence electrons. The van der Waals surface area contributed by atoms with Crippen LogP contribution in [0.4, 0.5) is 0 Å². The minimum atomic E-state index is -0.0661. The summed E-state index contributed by atoms with van der Waals surface area (Å²) in [5.74, 6) is 0.0481. The number of hydrogen-bond donors (Lipinski definition) is 0. The molecular weight excluding hydrogens is 252 g/mol. The monoisotopic (exact) mass is 270 g/mol. The van der Waals surface area contributed by atoms with Crippen LogP contribution in [0.1, 0.15) is 32.9 Å². The van der Waals surface area contributed by atoms with Crippen molar-refractivity contribution in [3.05, 3.63) is 36.3 Å². The second-order valence-electron chi connectivity index (χ2n) is 6.12. The van der Waals surface area contributed by atoms with Crippen molar-refractivity contribution >= 4 is 17.3 Å². The Morgan fingerprint density at radius 1 is 1.30 bits per heavy atom. The predicted molar refractivity (Wildman–Crippen MR) is 77.2 cm³/mol. The van der Waals surface area contributed by atoms with Crippen molar-refractivity contribution in [2.24, 2.45) is 10.5 Å². The summed E-state index contributed by atoms with van der Waals surface area (Å²) in [6.07, 6.45) is 4.30. The van der Waals surface area contributed by atoms with Crippen molar-refractivity contribution in [1.29, 1.82) is 0 Å². The molecule has 0 N–H and O–H groups in total. The zero-order chi connectivity index (χ0) is 14.3. The average molecular weight is 270 g/mol. The number of imidazole rings is 1. The first-order valence-corrected chi connectivity index (χ1v) is 6.74. The fraction of sp³-hybridized carbons (Fsp3) is 0.400. The lowest BCUT2D eigenvalue weighted by Gasteiger charge is -2.16. The maximum atomic E-state index is 12.0. The summed E-state index contributed by atoms with van der Waals surface area (Å²) in [5.41, 5.74) is 2.60. The van der Waals surface area contributed by atoms with Gasteiger partial charge in [0, 0.05) is 17.8 Å². The van der Waals surface area contributed by atoms with E-state index in [9.17, 15) is 4.79 Å². The summed E-state index contributed by atoms with van der Waals surface area (Å²) >= 11 is 0. The van der Waals surface area contributed by atoms with E-state index in [0.717, 1.165) is 17.1 Å². The molecule has 20 heavy (non-hydrogen) atoms. The number of hydrazone groups is 1. The Hall–Kier alpha value is -2.17. The minimum absolute atomic E-state index is 0.0481. The van der Waals surface area contributed by atoms with E-state index in [2.05, 4.69) is 30.9 Å². The van der Waals surface area contributed by atoms with Gasteiger partial charge < -0.3 is 4.40 Å². The Morgan fingerprint density at radius 3 is 2.75 bits per heavy atom. The third-order valence-corrected chi connectivity index (χ3v) is 3.44. The molecular formula is C15H18N4O. The molecule has 1 aliphatic heterocycles. The lowest BCUT2D eigenvalue weighted by molar-refractivity contribution is -0.129. The van der Waals surface area contributed by atoms with Crippen LogP contribution in [0.25, 0.3) is 5.65 Å². The third-order valence-electron chi connectivity index (χ3n) is 3.44. The highest BCUT2D eigenvalue weighted by atomic mass is 16.2. The molecule has 3 heterocycles. The molecule has 2 aromatic rings. The maximum absolute atomic E-state index is 12.0. The van der Waals surface area contributed by atoms with E-state index in [0.29, 0.717) is 13.0 Å². The number of carbonyl (C=O) groups is 1. The third kappa shape index (κ3) is 2.31. The summed E-state index contributed by atoms with van der Waals surface area (Å²) < 4.78 is 1.95. The smallest absolute Gasteiger partial charge is 0.248 e. The summed E-state index contributed by atoms with van der Waals surface area (Å²) in [6.45, 7) is 6.66. The molecule has 0 spiro atoms. The van der Waals surface area contributed by atoms with E-state index in [1.165, 1.54) is 5.01 Å². The highest BCUT2D eigenvalue weighted by molar-refractivity contribution is 6.07. The normalized spacial score (nSPS) is 16.1. The highest BCUT2D eigenvalue weighted by Crippen LogP contribution is 2.25. The first-order chi connectivity index (χ1) is 9.43. The lowest BCUT2D eigenvalue weighted by Crippen LogP contribution is -2.20. The van der Waals surface area contributed by atoms with Crippen LogP contribution in [-0.2, 0) is 11.3 Å². The average Bonchev–Trinajstić information content (AvgIpc) is 2.93. The second kappa shape index (κ2) is 4.44. The van der Waals surface area contributed by atoms with Gasteiger partial charge in [0.1, 0.15) is 5.65 Å². The van der Waals surface area contributed by atoms with Crippen LogP contribution in [0.5, 0.6) is 0 Å². The van der Waals surface area contributed by atoms with E-state index in [4.69, 9.17) is 0 Å². The predicted octanol–water partition coefficient (Wildman–Crippen LogP) is 2.47. The molecule has 0 aliphatic carbocycles. The SMILES string of the molecule is CC(C)(C)C1=NN(Cc2cn3ccccc3n2)C(=O)C1. The number of fused-ring (bicyclic) bond motifs is 1. The molecule has 0 aromatic carbocycles. The molecule has 0 radical (unpaired) electrons. The largest absolute Gasteiger partial charge is 0.307 e. The van der Waals surface area contributed by atoms with Crippen molar-refractivity contribution in [3.63, 3.8) is 0 Å². The van der Waals surface area contributed by atoms with Crippen LogP contribution in [-0.4, -0.2) is 26.0 Å². The van der Waals surface area contributed by atoms with Gasteiger partial charge in [-0.3, -0.25) is 4.79 Å². The number of aromatic nitrogens is 2. The highest BCUT2D eigenvalue weighted by Gasteiger charge is 2.31. The van der Waals surface area contributed by atoms with E-state index in [1.54, 1.807) is 0 Å². The molecule has 1 amide bonds. The lowest BCUT2D eigenvalue weighted by atomic mass is 9.88. The number of amides is 1. The standard InChI is InChI=1S/C15H18N4O/c1-15(2,3)12-8-14(20)19(17-12)10-11-9-18-7-5-4-6-13(18)16-11/h4-7,9H,8,10H2,1-3H3. The number of hydrogen-bond acceptors (Lipinski definition) is 3. The van der Waals surface area contributed by atoms with E-state index in [-0.39, 0.29) is 11.3 Å². The van der Waals surface area contributed by atoms with Crippen molar-refractivity contribution in [2.75, 3.05) is 0 Å². The molecule has 5 heteroatoms. The Labute approximate surface area is 117 Å². The Morgan fingerprint density at radius 2 is 2.10 bits per heavy atom. The van der Waals surface area contributed by atoms with Gasteiger partial charge in [-0.05, 0) is 12.1 Å². The molecule has 0 atom stereocenters. The summed E-state index contributed by atoms with van der Waals surface area (Å²) in [7, 11) is 0. The second-order valence-corrected chi connectivity index (χ2v) is 6.12. The van der Waals surface area contributed by atoms with Crippen LogP contribution in [0.2, 0.25) is 0 Å². The molecule has 0 fully saturated rings. The van der Waals surface area contributed by atoms with Gasteiger partial charge in [-0.1, -0.05) is 26.8 Å². The quantitative estimate of drug-likeness (QED) is 0.841. The van der Waals surface area contributed by atoms with Gasteiger partial charge in [0.2, 0.25) is 5.91 Å². The Balaban J connectivity index is 1.84. The van der Waals surface area contributed by atoms with Crippen LogP contribution in [0.3, 0.4) is 0 Å². The van der Waals surface area contributed by atoms with Gasteiger partial charge in [-0.25, -0.2) is 9.99 Å². The number of pyridine rings is 1. The van der Waals surface area contributed by atoms with Gasteiger partial charge >= 0.3 is 0 Å². The first-order valence-electron chi connectivity index (χ1n) is 6.74. The molecule has 0 saturated heterocycles.